The fourth-order valence-electron chi connectivity index (χ4n) is 1.40. The average Bonchev–Trinajstić information content (AvgIpc) is 2.33. The summed E-state index contributed by atoms with van der Waals surface area (Å²) in [5.41, 5.74) is 1.94. The van der Waals surface area contributed by atoms with Gasteiger partial charge in [0.25, 0.3) is 0 Å². The molecule has 0 unspecified atom stereocenters. The Kier molecular flexibility index (Phi) is 4.11. The molecule has 0 atom stereocenters. The molecule has 0 aromatic heterocycles. The molecule has 2 rings (SSSR count). The first kappa shape index (κ1) is 12.5. The SMILES string of the molecule is Cl/C(=C\c1ccc(Cl)cc1)c1ccc(Cl)cc1. The van der Waals surface area contributed by atoms with Crippen LogP contribution < -0.4 is 0 Å². The summed E-state index contributed by atoms with van der Waals surface area (Å²) in [4.78, 5) is 0. The second-order valence-corrected chi connectivity index (χ2v) is 4.83. The first-order valence-electron chi connectivity index (χ1n) is 5.04. The van der Waals surface area contributed by atoms with Crippen molar-refractivity contribution in [3.63, 3.8) is 0 Å². The molecule has 0 N–H and O–H groups in total. The van der Waals surface area contributed by atoms with E-state index in [1.807, 2.05) is 54.6 Å². The quantitative estimate of drug-likeness (QED) is 0.617. The molecule has 0 heterocycles. The molecule has 86 valence electrons. The third-order valence-corrected chi connectivity index (χ3v) is 3.11. The Balaban J connectivity index is 2.27. The minimum atomic E-state index is 0.670. The Bertz CT molecular complexity index is 524. The van der Waals surface area contributed by atoms with Gasteiger partial charge in [0, 0.05) is 15.1 Å². The Morgan fingerprint density at radius 1 is 0.765 bits per heavy atom. The van der Waals surface area contributed by atoms with E-state index >= 15 is 0 Å². The highest BCUT2D eigenvalue weighted by molar-refractivity contribution is 6.51. The summed E-state index contributed by atoms with van der Waals surface area (Å²) >= 11 is 17.8. The van der Waals surface area contributed by atoms with Gasteiger partial charge < -0.3 is 0 Å². The fraction of sp³-hybridized carbons (Fsp3) is 0. The van der Waals surface area contributed by atoms with E-state index in [0.717, 1.165) is 11.1 Å². The summed E-state index contributed by atoms with van der Waals surface area (Å²) in [5.74, 6) is 0. The molecule has 0 aliphatic carbocycles. The summed E-state index contributed by atoms with van der Waals surface area (Å²) < 4.78 is 0. The van der Waals surface area contributed by atoms with Crippen LogP contribution in [0.1, 0.15) is 11.1 Å². The lowest BCUT2D eigenvalue weighted by Gasteiger charge is -2.00. The normalized spacial score (nSPS) is 11.6. The molecule has 0 saturated carbocycles. The molecule has 0 aliphatic heterocycles. The molecule has 0 amide bonds. The van der Waals surface area contributed by atoms with Crippen molar-refractivity contribution in [1.29, 1.82) is 0 Å². The van der Waals surface area contributed by atoms with Crippen LogP contribution in [0.4, 0.5) is 0 Å². The smallest absolute Gasteiger partial charge is 0.0484 e. The van der Waals surface area contributed by atoms with Gasteiger partial charge in [-0.05, 0) is 41.5 Å². The monoisotopic (exact) mass is 282 g/mol. The fourth-order valence-corrected chi connectivity index (χ4v) is 1.90. The van der Waals surface area contributed by atoms with Gasteiger partial charge in [-0.15, -0.1) is 0 Å². The largest absolute Gasteiger partial charge is 0.0843 e. The lowest BCUT2D eigenvalue weighted by atomic mass is 10.1. The van der Waals surface area contributed by atoms with E-state index in [2.05, 4.69) is 0 Å². The van der Waals surface area contributed by atoms with Crippen LogP contribution in [-0.4, -0.2) is 0 Å². The zero-order valence-electron chi connectivity index (χ0n) is 8.83. The van der Waals surface area contributed by atoms with Crippen LogP contribution in [0.5, 0.6) is 0 Å². The van der Waals surface area contributed by atoms with E-state index in [1.165, 1.54) is 0 Å². The highest BCUT2D eigenvalue weighted by atomic mass is 35.5. The third kappa shape index (κ3) is 3.50. The van der Waals surface area contributed by atoms with Crippen molar-refractivity contribution in [2.75, 3.05) is 0 Å². The maximum atomic E-state index is 6.22. The number of halogens is 3. The van der Waals surface area contributed by atoms with Gasteiger partial charge in [-0.3, -0.25) is 0 Å². The van der Waals surface area contributed by atoms with Crippen LogP contribution >= 0.6 is 34.8 Å². The molecule has 2 aromatic rings. The van der Waals surface area contributed by atoms with Crippen LogP contribution in [-0.2, 0) is 0 Å². The van der Waals surface area contributed by atoms with Crippen molar-refractivity contribution in [2.45, 2.75) is 0 Å². The van der Waals surface area contributed by atoms with Gasteiger partial charge in [0.05, 0.1) is 0 Å². The van der Waals surface area contributed by atoms with Crippen molar-refractivity contribution >= 4 is 45.9 Å². The van der Waals surface area contributed by atoms with Gasteiger partial charge >= 0.3 is 0 Å². The topological polar surface area (TPSA) is 0 Å². The van der Waals surface area contributed by atoms with Gasteiger partial charge in [0.2, 0.25) is 0 Å². The number of benzene rings is 2. The van der Waals surface area contributed by atoms with E-state index in [4.69, 9.17) is 34.8 Å². The maximum Gasteiger partial charge on any atom is 0.0484 e. The molecule has 0 radical (unpaired) electrons. The van der Waals surface area contributed by atoms with Crippen LogP contribution in [0.2, 0.25) is 10.0 Å². The molecule has 0 nitrogen and oxygen atoms in total. The maximum absolute atomic E-state index is 6.22. The molecule has 0 bridgehead atoms. The molecule has 0 saturated heterocycles. The van der Waals surface area contributed by atoms with Gasteiger partial charge in [0.15, 0.2) is 0 Å². The van der Waals surface area contributed by atoms with Crippen molar-refractivity contribution in [3.8, 4) is 0 Å². The average molecular weight is 284 g/mol. The van der Waals surface area contributed by atoms with Crippen LogP contribution in [0.15, 0.2) is 48.5 Å². The molecule has 17 heavy (non-hydrogen) atoms. The first-order valence-corrected chi connectivity index (χ1v) is 6.17. The zero-order chi connectivity index (χ0) is 12.3. The van der Waals surface area contributed by atoms with E-state index in [9.17, 15) is 0 Å². The van der Waals surface area contributed by atoms with E-state index in [0.29, 0.717) is 15.1 Å². The molecule has 2 aromatic carbocycles. The Morgan fingerprint density at radius 2 is 1.24 bits per heavy atom. The highest BCUT2D eigenvalue weighted by Crippen LogP contribution is 2.24. The number of rotatable bonds is 2. The second-order valence-electron chi connectivity index (χ2n) is 3.55. The Labute approximate surface area is 115 Å². The van der Waals surface area contributed by atoms with Gasteiger partial charge in [0.1, 0.15) is 0 Å². The van der Waals surface area contributed by atoms with Crippen molar-refractivity contribution in [1.82, 2.24) is 0 Å². The van der Waals surface area contributed by atoms with E-state index in [-0.39, 0.29) is 0 Å². The first-order chi connectivity index (χ1) is 8.15. The molecule has 0 spiro atoms. The summed E-state index contributed by atoms with van der Waals surface area (Å²) in [6, 6.07) is 14.9. The minimum absolute atomic E-state index is 0.670. The van der Waals surface area contributed by atoms with Gasteiger partial charge in [-0.25, -0.2) is 0 Å². The Morgan fingerprint density at radius 3 is 1.76 bits per heavy atom. The van der Waals surface area contributed by atoms with E-state index < -0.39 is 0 Å². The van der Waals surface area contributed by atoms with Crippen LogP contribution in [0.25, 0.3) is 11.1 Å². The molecular formula is C14H9Cl3. The van der Waals surface area contributed by atoms with Crippen LogP contribution in [0.3, 0.4) is 0 Å². The van der Waals surface area contributed by atoms with Crippen molar-refractivity contribution in [3.05, 3.63) is 69.7 Å². The second kappa shape index (κ2) is 5.59. The standard InChI is InChI=1S/C14H9Cl3/c15-12-5-1-10(2-6-12)9-14(17)11-3-7-13(16)8-4-11/h1-9H/b14-9-. The number of hydrogen-bond donors (Lipinski definition) is 0. The summed E-state index contributed by atoms with van der Waals surface area (Å²) in [5, 5.41) is 2.08. The Hall–Kier alpha value is -0.950. The molecule has 0 fully saturated rings. The van der Waals surface area contributed by atoms with Crippen molar-refractivity contribution < 1.29 is 0 Å². The predicted molar refractivity (Wildman–Crippen MR) is 76.6 cm³/mol. The molecule has 0 aliphatic rings. The summed E-state index contributed by atoms with van der Waals surface area (Å²) in [7, 11) is 0. The summed E-state index contributed by atoms with van der Waals surface area (Å²) in [6.45, 7) is 0. The summed E-state index contributed by atoms with van der Waals surface area (Å²) in [6.07, 6.45) is 1.89. The lowest BCUT2D eigenvalue weighted by molar-refractivity contribution is 1.63. The molecular weight excluding hydrogens is 275 g/mol. The molecule has 3 heteroatoms. The predicted octanol–water partition coefficient (Wildman–Crippen LogP) is 5.73. The zero-order valence-corrected chi connectivity index (χ0v) is 11.1. The van der Waals surface area contributed by atoms with Crippen molar-refractivity contribution in [2.24, 2.45) is 0 Å². The lowest BCUT2D eigenvalue weighted by Crippen LogP contribution is -1.77. The van der Waals surface area contributed by atoms with E-state index in [1.54, 1.807) is 0 Å². The number of hydrogen-bond acceptors (Lipinski definition) is 0. The minimum Gasteiger partial charge on any atom is -0.0843 e. The van der Waals surface area contributed by atoms with Crippen LogP contribution in [0, 0.1) is 0 Å². The van der Waals surface area contributed by atoms with Gasteiger partial charge in [-0.1, -0.05) is 59.1 Å². The highest BCUT2D eigenvalue weighted by Gasteiger charge is 1.98. The van der Waals surface area contributed by atoms with Gasteiger partial charge in [-0.2, -0.15) is 0 Å². The third-order valence-electron chi connectivity index (χ3n) is 2.28.